The van der Waals surface area contributed by atoms with Crippen molar-refractivity contribution in [2.45, 2.75) is 57.2 Å². The lowest BCUT2D eigenvalue weighted by molar-refractivity contribution is -0.140. The van der Waals surface area contributed by atoms with Gasteiger partial charge in [0.1, 0.15) is 11.6 Å². The second kappa shape index (κ2) is 12.1. The highest BCUT2D eigenvalue weighted by molar-refractivity contribution is 5.90. The normalized spacial score (nSPS) is 19.8. The molecule has 2 aliphatic rings. The van der Waals surface area contributed by atoms with E-state index in [-0.39, 0.29) is 43.0 Å². The molecule has 2 fully saturated rings. The van der Waals surface area contributed by atoms with Crippen LogP contribution in [0.4, 0.5) is 4.39 Å². The van der Waals surface area contributed by atoms with E-state index in [4.69, 9.17) is 5.73 Å². The lowest BCUT2D eigenvalue weighted by Crippen LogP contribution is -2.51. The van der Waals surface area contributed by atoms with Crippen molar-refractivity contribution in [3.8, 4) is 0 Å². The topological polar surface area (TPSA) is 139 Å². The third-order valence-electron chi connectivity index (χ3n) is 7.88. The van der Waals surface area contributed by atoms with Crippen molar-refractivity contribution in [2.75, 3.05) is 19.6 Å². The zero-order chi connectivity index (χ0) is 28.2. The van der Waals surface area contributed by atoms with Gasteiger partial charge in [0.2, 0.25) is 23.7 Å². The number of pyridine rings is 1. The van der Waals surface area contributed by atoms with Crippen molar-refractivity contribution in [3.63, 3.8) is 0 Å². The van der Waals surface area contributed by atoms with E-state index < -0.39 is 18.0 Å². The maximum atomic E-state index is 13.7. The zero-order valence-corrected chi connectivity index (χ0v) is 22.6. The SMILES string of the molecule is Cn1nnc2cc(CNC(=O)[C@@H]3CC(Cc4ccnc(F)c4)CN3C(=O)[C@H](N)CCC(=O)N3CCCC3)ccc21. The molecule has 3 aromatic rings. The van der Waals surface area contributed by atoms with E-state index in [1.165, 1.54) is 17.2 Å². The second-order valence-corrected chi connectivity index (χ2v) is 10.8. The van der Waals surface area contributed by atoms with Crippen molar-refractivity contribution in [2.24, 2.45) is 18.7 Å². The Balaban J connectivity index is 1.25. The summed E-state index contributed by atoms with van der Waals surface area (Å²) in [6.45, 7) is 2.08. The van der Waals surface area contributed by atoms with Gasteiger partial charge in [0.15, 0.2) is 0 Å². The summed E-state index contributed by atoms with van der Waals surface area (Å²) >= 11 is 0. The molecule has 1 aromatic carbocycles. The van der Waals surface area contributed by atoms with E-state index in [0.29, 0.717) is 19.4 Å². The largest absolute Gasteiger partial charge is 0.350 e. The second-order valence-electron chi connectivity index (χ2n) is 10.8. The van der Waals surface area contributed by atoms with Gasteiger partial charge in [-0.1, -0.05) is 11.3 Å². The molecular formula is C28H35FN8O3. The average Bonchev–Trinajstić information content (AvgIpc) is 3.71. The van der Waals surface area contributed by atoms with E-state index in [9.17, 15) is 18.8 Å². The van der Waals surface area contributed by atoms with E-state index >= 15 is 0 Å². The lowest BCUT2D eigenvalue weighted by Gasteiger charge is -2.27. The molecule has 0 saturated carbocycles. The van der Waals surface area contributed by atoms with Crippen LogP contribution in [0, 0.1) is 11.9 Å². The molecule has 0 radical (unpaired) electrons. The number of hydrogen-bond acceptors (Lipinski definition) is 7. The number of amides is 3. The minimum Gasteiger partial charge on any atom is -0.350 e. The first kappa shape index (κ1) is 27.6. The highest BCUT2D eigenvalue weighted by Gasteiger charge is 2.41. The molecule has 1 unspecified atom stereocenters. The summed E-state index contributed by atoms with van der Waals surface area (Å²) in [6, 6.07) is 7.17. The molecule has 40 heavy (non-hydrogen) atoms. The Morgan fingerprint density at radius 1 is 1.15 bits per heavy atom. The van der Waals surface area contributed by atoms with Crippen LogP contribution in [0.15, 0.2) is 36.5 Å². The Morgan fingerprint density at radius 2 is 1.95 bits per heavy atom. The van der Waals surface area contributed by atoms with Crippen molar-refractivity contribution < 1.29 is 18.8 Å². The Kier molecular flexibility index (Phi) is 8.34. The number of benzene rings is 1. The van der Waals surface area contributed by atoms with Crippen LogP contribution in [0.25, 0.3) is 11.0 Å². The third-order valence-corrected chi connectivity index (χ3v) is 7.88. The molecule has 12 heteroatoms. The monoisotopic (exact) mass is 550 g/mol. The van der Waals surface area contributed by atoms with Gasteiger partial charge in [-0.25, -0.2) is 9.67 Å². The number of carbonyl (C=O) groups is 3. The fourth-order valence-corrected chi connectivity index (χ4v) is 5.71. The van der Waals surface area contributed by atoms with Gasteiger partial charge >= 0.3 is 0 Å². The van der Waals surface area contributed by atoms with Gasteiger partial charge in [-0.2, -0.15) is 4.39 Å². The molecular weight excluding hydrogens is 515 g/mol. The van der Waals surface area contributed by atoms with Crippen molar-refractivity contribution in [1.29, 1.82) is 0 Å². The quantitative estimate of drug-likeness (QED) is 0.383. The highest BCUT2D eigenvalue weighted by Crippen LogP contribution is 2.28. The van der Waals surface area contributed by atoms with Crippen LogP contribution in [0.5, 0.6) is 0 Å². The molecule has 0 aliphatic carbocycles. The van der Waals surface area contributed by atoms with Crippen molar-refractivity contribution in [1.82, 2.24) is 35.1 Å². The van der Waals surface area contributed by atoms with Gasteiger partial charge in [-0.3, -0.25) is 14.4 Å². The zero-order valence-electron chi connectivity index (χ0n) is 22.6. The van der Waals surface area contributed by atoms with E-state index in [0.717, 1.165) is 48.1 Å². The van der Waals surface area contributed by atoms with Crippen molar-refractivity contribution in [3.05, 3.63) is 53.6 Å². The molecule has 3 N–H and O–H groups in total. The summed E-state index contributed by atoms with van der Waals surface area (Å²) in [5.41, 5.74) is 9.50. The number of fused-ring (bicyclic) bond motifs is 1. The van der Waals surface area contributed by atoms with Crippen LogP contribution in [-0.4, -0.2) is 79.2 Å². The van der Waals surface area contributed by atoms with E-state index in [2.05, 4.69) is 20.6 Å². The maximum Gasteiger partial charge on any atom is 0.243 e. The van der Waals surface area contributed by atoms with Gasteiger partial charge in [0.05, 0.1) is 11.6 Å². The highest BCUT2D eigenvalue weighted by atomic mass is 19.1. The van der Waals surface area contributed by atoms with Crippen molar-refractivity contribution >= 4 is 28.8 Å². The average molecular weight is 551 g/mol. The Labute approximate surface area is 231 Å². The van der Waals surface area contributed by atoms with Crippen LogP contribution >= 0.6 is 0 Å². The molecule has 2 aliphatic heterocycles. The number of aryl methyl sites for hydroxylation is 1. The molecule has 212 valence electrons. The Morgan fingerprint density at radius 3 is 2.73 bits per heavy atom. The van der Waals surface area contributed by atoms with Gasteiger partial charge in [-0.15, -0.1) is 5.10 Å². The summed E-state index contributed by atoms with van der Waals surface area (Å²) in [5.74, 6) is -1.25. The minimum absolute atomic E-state index is 0.00845. The first-order valence-corrected chi connectivity index (χ1v) is 13.8. The molecule has 0 bridgehead atoms. The molecule has 2 aromatic heterocycles. The predicted molar refractivity (Wildman–Crippen MR) is 145 cm³/mol. The molecule has 2 saturated heterocycles. The standard InChI is InChI=1S/C28H35FN8O3/c1-35-23-6-4-19(13-22(23)33-34-35)16-32-27(39)24-14-20(12-18-8-9-31-25(29)15-18)17-37(24)28(40)21(30)5-7-26(38)36-10-2-3-11-36/h4,6,8-9,13,15,20-21,24H,2-3,5,7,10-12,14,16-17,30H2,1H3,(H,32,39)/t20?,21-,24+/m1/s1. The van der Waals surface area contributed by atoms with Gasteiger partial charge in [-0.05, 0) is 73.4 Å². The Bertz CT molecular complexity index is 1390. The smallest absolute Gasteiger partial charge is 0.243 e. The molecule has 5 rings (SSSR count). The maximum absolute atomic E-state index is 13.7. The fraction of sp³-hybridized carbons (Fsp3) is 0.500. The number of aromatic nitrogens is 4. The van der Waals surface area contributed by atoms with Gasteiger partial charge < -0.3 is 20.9 Å². The number of hydrogen-bond donors (Lipinski definition) is 2. The van der Waals surface area contributed by atoms with E-state index in [1.54, 1.807) is 10.7 Å². The summed E-state index contributed by atoms with van der Waals surface area (Å²) in [7, 11) is 1.81. The number of nitrogens with one attached hydrogen (secondary N) is 1. The summed E-state index contributed by atoms with van der Waals surface area (Å²) in [6.07, 6.45) is 4.74. The van der Waals surface area contributed by atoms with Crippen LogP contribution in [-0.2, 0) is 34.4 Å². The molecule has 11 nitrogen and oxygen atoms in total. The lowest BCUT2D eigenvalue weighted by atomic mass is 9.97. The Hall–Kier alpha value is -3.93. The van der Waals surface area contributed by atoms with Gasteiger partial charge in [0.25, 0.3) is 0 Å². The predicted octanol–water partition coefficient (Wildman–Crippen LogP) is 1.31. The third kappa shape index (κ3) is 6.27. The fourth-order valence-electron chi connectivity index (χ4n) is 5.71. The number of rotatable bonds is 9. The summed E-state index contributed by atoms with van der Waals surface area (Å²) in [4.78, 5) is 46.3. The number of nitrogens with two attached hydrogens (primary N) is 1. The first-order chi connectivity index (χ1) is 19.3. The van der Waals surface area contributed by atoms with Gasteiger partial charge in [0, 0.05) is 45.8 Å². The summed E-state index contributed by atoms with van der Waals surface area (Å²) in [5, 5.41) is 11.1. The molecule has 3 atom stereocenters. The van der Waals surface area contributed by atoms with E-state index in [1.807, 2.05) is 30.1 Å². The molecule has 3 amide bonds. The molecule has 0 spiro atoms. The van der Waals surface area contributed by atoms with Crippen LogP contribution in [0.3, 0.4) is 0 Å². The van der Waals surface area contributed by atoms with Crippen LogP contribution in [0.2, 0.25) is 0 Å². The van der Waals surface area contributed by atoms with Crippen LogP contribution < -0.4 is 11.1 Å². The minimum atomic E-state index is -0.891. The number of nitrogens with zero attached hydrogens (tertiary/aromatic N) is 6. The molecule has 4 heterocycles. The summed E-state index contributed by atoms with van der Waals surface area (Å²) < 4.78 is 15.4. The van der Waals surface area contributed by atoms with Crippen LogP contribution in [0.1, 0.15) is 43.2 Å². The number of likely N-dealkylation sites (tertiary alicyclic amines) is 2. The number of carbonyl (C=O) groups excluding carboxylic acids is 3. The number of halogens is 1. The first-order valence-electron chi connectivity index (χ1n) is 13.8.